The first kappa shape index (κ1) is 26.1. The fourth-order valence-corrected chi connectivity index (χ4v) is 5.55. The summed E-state index contributed by atoms with van der Waals surface area (Å²) in [6.07, 6.45) is -3.09. The van der Waals surface area contributed by atoms with Crippen molar-refractivity contribution in [2.75, 3.05) is 7.11 Å². The second-order valence-electron chi connectivity index (χ2n) is 10.0. The van der Waals surface area contributed by atoms with E-state index in [4.69, 9.17) is 14.2 Å². The molecule has 4 atom stereocenters. The van der Waals surface area contributed by atoms with Gasteiger partial charge in [-0.25, -0.2) is 0 Å². The molecule has 0 bridgehead atoms. The summed E-state index contributed by atoms with van der Waals surface area (Å²) in [7, 11) is 1.51. The van der Waals surface area contributed by atoms with E-state index in [9.17, 15) is 35.4 Å². The molecular formula is C31H26O10. The lowest BCUT2D eigenvalue weighted by Gasteiger charge is -2.36. The SMILES string of the molecule is COc1ccc([C@@H]2Oc3cc(O)cc(O)c3C(=O)[C@@H]2c2c(O)cc3c(c2O)C[C@@H](O)[C@@H](c2ccc(O)cc2)O3)cc1. The molecule has 0 radical (unpaired) electrons. The Morgan fingerprint density at radius 1 is 0.756 bits per heavy atom. The van der Waals surface area contributed by atoms with Crippen LogP contribution in [0.15, 0.2) is 66.7 Å². The van der Waals surface area contributed by atoms with E-state index in [1.54, 1.807) is 36.4 Å². The van der Waals surface area contributed by atoms with Crippen LogP contribution in [0.5, 0.6) is 46.0 Å². The van der Waals surface area contributed by atoms with Gasteiger partial charge in [0.05, 0.1) is 24.7 Å². The molecule has 2 aliphatic rings. The maximum Gasteiger partial charge on any atom is 0.182 e. The molecule has 0 aliphatic carbocycles. The minimum Gasteiger partial charge on any atom is -0.508 e. The Morgan fingerprint density at radius 2 is 1.39 bits per heavy atom. The lowest BCUT2D eigenvalue weighted by Crippen LogP contribution is -2.32. The van der Waals surface area contributed by atoms with E-state index in [0.29, 0.717) is 16.9 Å². The largest absolute Gasteiger partial charge is 0.508 e. The minimum atomic E-state index is -1.33. The predicted octanol–water partition coefficient (Wildman–Crippen LogP) is 4.36. The van der Waals surface area contributed by atoms with Crippen molar-refractivity contribution in [3.8, 4) is 46.0 Å². The average Bonchev–Trinajstić information content (AvgIpc) is 2.94. The first-order valence-corrected chi connectivity index (χ1v) is 12.8. The number of hydrogen-bond donors (Lipinski definition) is 6. The van der Waals surface area contributed by atoms with Gasteiger partial charge in [0.1, 0.15) is 63.8 Å². The minimum absolute atomic E-state index is 0.0491. The quantitative estimate of drug-likeness (QED) is 0.212. The molecule has 0 spiro atoms. The lowest BCUT2D eigenvalue weighted by molar-refractivity contribution is 0.0196. The van der Waals surface area contributed by atoms with Crippen LogP contribution in [0.3, 0.4) is 0 Å². The number of ether oxygens (including phenoxy) is 3. The number of aromatic hydroxyl groups is 5. The van der Waals surface area contributed by atoms with Gasteiger partial charge in [-0.15, -0.1) is 0 Å². The highest BCUT2D eigenvalue weighted by molar-refractivity contribution is 6.07. The molecule has 0 saturated carbocycles. The van der Waals surface area contributed by atoms with Crippen LogP contribution in [-0.4, -0.2) is 49.6 Å². The fourth-order valence-electron chi connectivity index (χ4n) is 5.55. The monoisotopic (exact) mass is 558 g/mol. The molecule has 0 aromatic heterocycles. The molecule has 2 aliphatic heterocycles. The molecule has 210 valence electrons. The summed E-state index contributed by atoms with van der Waals surface area (Å²) >= 11 is 0. The number of fused-ring (bicyclic) bond motifs is 2. The van der Waals surface area contributed by atoms with Crippen LogP contribution >= 0.6 is 0 Å². The Morgan fingerprint density at radius 3 is 2.07 bits per heavy atom. The smallest absolute Gasteiger partial charge is 0.182 e. The molecule has 6 N–H and O–H groups in total. The zero-order valence-corrected chi connectivity index (χ0v) is 21.7. The first-order valence-electron chi connectivity index (χ1n) is 12.8. The van der Waals surface area contributed by atoms with Crippen molar-refractivity contribution >= 4 is 5.78 Å². The number of hydrogen-bond acceptors (Lipinski definition) is 10. The van der Waals surface area contributed by atoms with Gasteiger partial charge in [-0.3, -0.25) is 4.79 Å². The Hall–Kier alpha value is -5.09. The number of methoxy groups -OCH3 is 1. The Kier molecular flexibility index (Phi) is 6.27. The van der Waals surface area contributed by atoms with Crippen molar-refractivity contribution in [3.63, 3.8) is 0 Å². The number of aliphatic hydroxyl groups excluding tert-OH is 1. The molecule has 0 saturated heterocycles. The van der Waals surface area contributed by atoms with Gasteiger partial charge in [-0.05, 0) is 35.4 Å². The van der Waals surface area contributed by atoms with Crippen molar-refractivity contribution in [1.29, 1.82) is 0 Å². The van der Waals surface area contributed by atoms with Crippen molar-refractivity contribution in [3.05, 3.63) is 94.5 Å². The number of Topliss-reactive ketones (excluding diaryl/α,β-unsaturated/α-hetero) is 1. The van der Waals surface area contributed by atoms with Crippen LogP contribution in [0, 0.1) is 0 Å². The summed E-state index contributed by atoms with van der Waals surface area (Å²) in [6, 6.07) is 16.3. The molecule has 4 aromatic carbocycles. The summed E-state index contributed by atoms with van der Waals surface area (Å²) in [4.78, 5) is 14.0. The maximum atomic E-state index is 14.0. The number of ketones is 1. The lowest BCUT2D eigenvalue weighted by atomic mass is 9.78. The third kappa shape index (κ3) is 4.38. The van der Waals surface area contributed by atoms with E-state index in [-0.39, 0.29) is 46.1 Å². The summed E-state index contributed by atoms with van der Waals surface area (Å²) < 4.78 is 17.4. The molecular weight excluding hydrogens is 532 g/mol. The zero-order valence-electron chi connectivity index (χ0n) is 21.7. The van der Waals surface area contributed by atoms with Crippen LogP contribution in [0.4, 0.5) is 0 Å². The molecule has 2 heterocycles. The van der Waals surface area contributed by atoms with Crippen molar-refractivity contribution in [2.45, 2.75) is 30.7 Å². The number of phenols is 5. The van der Waals surface area contributed by atoms with Gasteiger partial charge in [-0.1, -0.05) is 24.3 Å². The Balaban J connectivity index is 1.47. The van der Waals surface area contributed by atoms with Crippen molar-refractivity contribution in [1.82, 2.24) is 0 Å². The standard InChI is InChI=1S/C31H26O10/c1-39-18-8-4-15(5-9-18)31-27(29(38)25-20(34)10-17(33)11-24(25)41-31)26-21(35)13-23-19(28(26)37)12-22(36)30(40-23)14-2-6-16(32)7-3-14/h2-11,13,22,27,30-37H,12H2,1H3/t22-,27+,30-,31+/m1/s1. The summed E-state index contributed by atoms with van der Waals surface area (Å²) in [5.41, 5.74) is 0.888. The van der Waals surface area contributed by atoms with Gasteiger partial charge in [0, 0.05) is 30.2 Å². The Labute approximate surface area is 233 Å². The van der Waals surface area contributed by atoms with Crippen LogP contribution in [0.2, 0.25) is 0 Å². The van der Waals surface area contributed by atoms with E-state index in [2.05, 4.69) is 0 Å². The molecule has 41 heavy (non-hydrogen) atoms. The van der Waals surface area contributed by atoms with E-state index in [0.717, 1.165) is 6.07 Å². The van der Waals surface area contributed by atoms with Crippen LogP contribution in [0.1, 0.15) is 50.7 Å². The third-order valence-corrected chi connectivity index (χ3v) is 7.53. The number of rotatable bonds is 4. The Bertz CT molecular complexity index is 1650. The average molecular weight is 559 g/mol. The van der Waals surface area contributed by atoms with E-state index in [1.165, 1.54) is 31.4 Å². The second kappa shape index (κ2) is 9.83. The first-order chi connectivity index (χ1) is 19.7. The van der Waals surface area contributed by atoms with Gasteiger partial charge < -0.3 is 44.8 Å². The van der Waals surface area contributed by atoms with Crippen LogP contribution in [-0.2, 0) is 6.42 Å². The van der Waals surface area contributed by atoms with Gasteiger partial charge >= 0.3 is 0 Å². The summed E-state index contributed by atoms with van der Waals surface area (Å²) in [5, 5.41) is 63.8. The number of carbonyl (C=O) groups excluding carboxylic acids is 1. The fraction of sp³-hybridized carbons (Fsp3) is 0.194. The highest BCUT2D eigenvalue weighted by atomic mass is 16.5. The van der Waals surface area contributed by atoms with Crippen molar-refractivity contribution < 1.29 is 49.6 Å². The van der Waals surface area contributed by atoms with E-state index < -0.39 is 47.3 Å². The second-order valence-corrected chi connectivity index (χ2v) is 10.0. The number of benzene rings is 4. The maximum absolute atomic E-state index is 14.0. The van der Waals surface area contributed by atoms with Crippen LogP contribution < -0.4 is 14.2 Å². The van der Waals surface area contributed by atoms with Gasteiger partial charge in [0.15, 0.2) is 5.78 Å². The van der Waals surface area contributed by atoms with E-state index in [1.807, 2.05) is 0 Å². The van der Waals surface area contributed by atoms with Crippen LogP contribution in [0.25, 0.3) is 0 Å². The zero-order chi connectivity index (χ0) is 29.0. The van der Waals surface area contributed by atoms with E-state index >= 15 is 0 Å². The van der Waals surface area contributed by atoms with Gasteiger partial charge in [0.2, 0.25) is 0 Å². The molecule has 6 rings (SSSR count). The normalized spacial score (nSPS) is 21.3. The summed E-state index contributed by atoms with van der Waals surface area (Å²) in [5.74, 6) is -3.06. The topological polar surface area (TPSA) is 166 Å². The highest BCUT2D eigenvalue weighted by Crippen LogP contribution is 2.54. The molecule has 0 fully saturated rings. The number of aliphatic hydroxyl groups is 1. The molecule has 0 unspecified atom stereocenters. The third-order valence-electron chi connectivity index (χ3n) is 7.53. The molecule has 4 aromatic rings. The van der Waals surface area contributed by atoms with Crippen molar-refractivity contribution in [2.24, 2.45) is 0 Å². The highest BCUT2D eigenvalue weighted by Gasteiger charge is 2.45. The molecule has 10 nitrogen and oxygen atoms in total. The van der Waals surface area contributed by atoms with Gasteiger partial charge in [-0.2, -0.15) is 0 Å². The predicted molar refractivity (Wildman–Crippen MR) is 144 cm³/mol. The van der Waals surface area contributed by atoms with Gasteiger partial charge in [0.25, 0.3) is 0 Å². The number of phenolic OH excluding ortho intramolecular Hbond substituents is 5. The summed E-state index contributed by atoms with van der Waals surface area (Å²) in [6.45, 7) is 0. The molecule has 0 amide bonds. The molecule has 10 heteroatoms. The number of carbonyl (C=O) groups is 1.